The Hall–Kier alpha value is -2.48. The molecule has 4 aliphatic carbocycles. The lowest BCUT2D eigenvalue weighted by Gasteiger charge is -2.63. The van der Waals surface area contributed by atoms with Crippen LogP contribution in [0.5, 0.6) is 0 Å². The van der Waals surface area contributed by atoms with Crippen LogP contribution in [-0.4, -0.2) is 275 Å². The van der Waals surface area contributed by atoms with E-state index in [0.29, 0.717) is 44.9 Å². The van der Waals surface area contributed by atoms with Crippen LogP contribution >= 0.6 is 0 Å². The van der Waals surface area contributed by atoms with Gasteiger partial charge in [-0.15, -0.1) is 0 Å². The summed E-state index contributed by atoms with van der Waals surface area (Å²) in [6.07, 6.45) is -36.2. The summed E-state index contributed by atoms with van der Waals surface area (Å²) in [5.41, 5.74) is -1.78. The number of carbonyl (C=O) groups is 2. The van der Waals surface area contributed by atoms with Crippen LogP contribution in [0.1, 0.15) is 107 Å². The van der Waals surface area contributed by atoms with Gasteiger partial charge < -0.3 is 108 Å². The Balaban J connectivity index is 0.922. The molecule has 12 N–H and O–H groups in total. The van der Waals surface area contributed by atoms with Gasteiger partial charge in [-0.25, -0.2) is 8.37 Å². The minimum atomic E-state index is -5.31. The first kappa shape index (κ1) is 73.2. The molecule has 0 radical (unpaired) electrons. The van der Waals surface area contributed by atoms with Crippen molar-refractivity contribution in [2.24, 2.45) is 39.4 Å². The van der Waals surface area contributed by atoms with Crippen molar-refractivity contribution in [1.29, 1.82) is 0 Å². The smallest absolute Gasteiger partial charge is 0.397 e. The molecule has 0 amide bonds. The van der Waals surface area contributed by atoms with Gasteiger partial charge in [0.1, 0.15) is 115 Å². The van der Waals surface area contributed by atoms with Crippen LogP contribution < -0.4 is 0 Å². The molecule has 10 aliphatic rings. The number of fused-ring (bicyclic) bond motifs is 4. The molecule has 1 spiro atoms. The molecule has 3 saturated carbocycles. The molecule has 0 aromatic rings. The normalized spacial score (nSPS) is 49.2. The Morgan fingerprint density at radius 1 is 0.667 bits per heavy atom. The van der Waals surface area contributed by atoms with Crippen molar-refractivity contribution < 1.29 is 152 Å². The molecule has 0 aromatic carbocycles. The van der Waals surface area contributed by atoms with Gasteiger partial charge >= 0.3 is 26.8 Å². The molecular weight excluding hydrogens is 1280 g/mol. The van der Waals surface area contributed by atoms with E-state index in [1.807, 2.05) is 34.6 Å². The summed E-state index contributed by atoms with van der Waals surface area (Å²) in [6.45, 7) is 12.1. The second-order valence-electron chi connectivity index (χ2n) is 28.2. The van der Waals surface area contributed by atoms with Gasteiger partial charge in [0.05, 0.1) is 50.0 Å². The highest BCUT2D eigenvalue weighted by atomic mass is 32.3. The first-order chi connectivity index (χ1) is 43.4. The topological polar surface area (TPSA) is 474 Å². The van der Waals surface area contributed by atoms with E-state index in [0.717, 1.165) is 18.3 Å². The highest BCUT2D eigenvalue weighted by Gasteiger charge is 2.79. The number of carbonyl (C=O) groups excluding carboxylic acids is 2. The number of allylic oxidation sites excluding steroid dienone is 4. The van der Waals surface area contributed by atoms with Gasteiger partial charge in [0.15, 0.2) is 31.5 Å². The molecule has 34 heteroatoms. The number of ether oxygens (including phenoxy) is 12. The minimum Gasteiger partial charge on any atom is -0.458 e. The molecule has 0 bridgehead atoms. The third-order valence-corrected chi connectivity index (χ3v) is 22.9. The molecule has 10 rings (SSSR count). The van der Waals surface area contributed by atoms with Crippen molar-refractivity contribution in [3.63, 3.8) is 0 Å². The van der Waals surface area contributed by atoms with Crippen LogP contribution in [0, 0.1) is 39.4 Å². The molecule has 532 valence electrons. The van der Waals surface area contributed by atoms with Gasteiger partial charge in [-0.05, 0) is 95.3 Å². The maximum atomic E-state index is 14.5. The fraction of sp³-hybridized carbons (Fsp3) is 0.898. The van der Waals surface area contributed by atoms with Gasteiger partial charge in [0.25, 0.3) is 0 Å². The van der Waals surface area contributed by atoms with E-state index in [9.17, 15) is 86.6 Å². The molecule has 9 fully saturated rings. The molecule has 31 atom stereocenters. The second-order valence-corrected chi connectivity index (χ2v) is 30.3. The van der Waals surface area contributed by atoms with E-state index >= 15 is 0 Å². The number of ketones is 1. The Bertz CT molecular complexity index is 2990. The monoisotopic (exact) mass is 1380 g/mol. The quantitative estimate of drug-likeness (QED) is 0.0353. The summed E-state index contributed by atoms with van der Waals surface area (Å²) in [5.74, 6) is -1.09. The summed E-state index contributed by atoms with van der Waals surface area (Å²) in [7, 11) is -9.46. The standard InChI is InChI=1S/C59H92O32S2/c1-24(2)11-10-16-58(8)48-28(61)19-57(7)27-12-13-33-55(4,5)34(15-17-56(33,6)26(27)14-18-59(48,57)54(71)90-58)85-52-46(38(66)32(22-80-52)91-93(75,76)77)89-53-47(88-49-39(67)35(63)29(62)21-79-49)40(68)43(25(3)82-53)86-51-42(70)45(37(65)31(84-51)23-81-92(72,73)74)87-50-41(69)44(78-9)36(64)30(20-60)83-50/h11-12,25-26,29-53,60,62-70H,10,13-23H2,1-9H3,(H,72,73,74)(H,75,76,77). The van der Waals surface area contributed by atoms with E-state index in [4.69, 9.17) is 61.0 Å². The number of Topliss-reactive ketones (excluding diaryl/α,β-unsaturated/α-hetero) is 1. The average molecular weight is 1380 g/mol. The number of hydrogen-bond donors (Lipinski definition) is 12. The number of esters is 1. The van der Waals surface area contributed by atoms with Crippen LogP contribution in [0.4, 0.5) is 0 Å². The summed E-state index contributed by atoms with van der Waals surface area (Å²) in [6, 6.07) is 0. The SMILES string of the molecule is COC1C(O)C(CO)OC(OC2C(O)C(COS(=O)(=O)O)OC(OC3C(C)OC(OC4C(OC5CCC6(C)C7CCC89C(=O)OC(C)(CCC=C(C)C)C8C(=O)CC9(C)C7=CCC6C5(C)C)OCC(OS(=O)(=O)O)C4O)C(OC4OCC(O)C(O)C4O)C3O)C2O)C1O. The first-order valence-electron chi connectivity index (χ1n) is 31.5. The van der Waals surface area contributed by atoms with Crippen LogP contribution in [0.15, 0.2) is 23.3 Å². The molecular formula is C59H92O32S2. The molecule has 6 heterocycles. The lowest BCUT2D eigenvalue weighted by atomic mass is 9.41. The van der Waals surface area contributed by atoms with Crippen molar-refractivity contribution in [2.75, 3.05) is 33.5 Å². The number of cyclic esters (lactones) is 1. The highest BCUT2D eigenvalue weighted by molar-refractivity contribution is 7.81. The van der Waals surface area contributed by atoms with E-state index in [-0.39, 0.29) is 30.0 Å². The molecule has 31 unspecified atom stereocenters. The lowest BCUT2D eigenvalue weighted by Crippen LogP contribution is -2.68. The third-order valence-electron chi connectivity index (χ3n) is 21.9. The van der Waals surface area contributed by atoms with Gasteiger partial charge in [0, 0.05) is 18.9 Å². The predicted molar refractivity (Wildman–Crippen MR) is 308 cm³/mol. The van der Waals surface area contributed by atoms with E-state index in [2.05, 4.69) is 30.2 Å². The fourth-order valence-corrected chi connectivity index (χ4v) is 18.1. The second kappa shape index (κ2) is 27.2. The van der Waals surface area contributed by atoms with Gasteiger partial charge in [0.2, 0.25) is 0 Å². The van der Waals surface area contributed by atoms with Crippen molar-refractivity contribution >= 4 is 32.6 Å². The number of hydrogen-bond acceptors (Lipinski definition) is 30. The average Bonchev–Trinajstić information content (AvgIpc) is 1.52. The molecule has 93 heavy (non-hydrogen) atoms. The van der Waals surface area contributed by atoms with Gasteiger partial charge in [-0.3, -0.25) is 18.7 Å². The zero-order valence-electron chi connectivity index (χ0n) is 53.1. The molecule has 6 saturated heterocycles. The van der Waals surface area contributed by atoms with Crippen molar-refractivity contribution in [2.45, 2.75) is 260 Å². The zero-order chi connectivity index (χ0) is 68.2. The van der Waals surface area contributed by atoms with E-state index < -0.39 is 228 Å². The third kappa shape index (κ3) is 13.5. The predicted octanol–water partition coefficient (Wildman–Crippen LogP) is -2.09. The van der Waals surface area contributed by atoms with Crippen molar-refractivity contribution in [3.05, 3.63) is 23.3 Å². The van der Waals surface area contributed by atoms with Gasteiger partial charge in [-0.1, -0.05) is 51.0 Å². The first-order valence-corrected chi connectivity index (χ1v) is 34.2. The van der Waals surface area contributed by atoms with Gasteiger partial charge in [-0.2, -0.15) is 16.8 Å². The highest BCUT2D eigenvalue weighted by Crippen LogP contribution is 2.75. The van der Waals surface area contributed by atoms with Crippen molar-refractivity contribution in [3.8, 4) is 0 Å². The molecule has 32 nitrogen and oxygen atoms in total. The van der Waals surface area contributed by atoms with Crippen LogP contribution in [0.25, 0.3) is 0 Å². The van der Waals surface area contributed by atoms with Crippen LogP contribution in [-0.2, 0) is 95.6 Å². The summed E-state index contributed by atoms with van der Waals surface area (Å²) in [5, 5.41) is 112. The fourth-order valence-electron chi connectivity index (χ4n) is 17.3. The van der Waals surface area contributed by atoms with Crippen molar-refractivity contribution in [1.82, 2.24) is 0 Å². The summed E-state index contributed by atoms with van der Waals surface area (Å²) < 4.78 is 149. The van der Waals surface area contributed by atoms with E-state index in [1.165, 1.54) is 6.92 Å². The molecule has 0 aromatic heterocycles. The lowest BCUT2D eigenvalue weighted by molar-refractivity contribution is -0.403. The van der Waals surface area contributed by atoms with E-state index in [1.54, 1.807) is 0 Å². The zero-order valence-corrected chi connectivity index (χ0v) is 54.7. The largest absolute Gasteiger partial charge is 0.458 e. The Kier molecular flexibility index (Phi) is 21.4. The van der Waals surface area contributed by atoms with Crippen LogP contribution in [0.2, 0.25) is 0 Å². The Labute approximate surface area is 538 Å². The number of aliphatic hydroxyl groups excluding tert-OH is 10. The summed E-state index contributed by atoms with van der Waals surface area (Å²) >= 11 is 0. The Morgan fingerprint density at radius 3 is 1.92 bits per heavy atom. The Morgan fingerprint density at radius 2 is 1.28 bits per heavy atom. The summed E-state index contributed by atoms with van der Waals surface area (Å²) in [4.78, 5) is 28.9. The van der Waals surface area contributed by atoms with Crippen LogP contribution in [0.3, 0.4) is 0 Å². The molecule has 6 aliphatic heterocycles. The minimum absolute atomic E-state index is 0.0208. The maximum absolute atomic E-state index is 14.5. The number of rotatable bonds is 20. The number of methoxy groups -OCH3 is 1. The number of aliphatic hydroxyl groups is 10. The maximum Gasteiger partial charge on any atom is 0.397 e.